The van der Waals surface area contributed by atoms with Crippen LogP contribution >= 0.6 is 11.6 Å². The zero-order chi connectivity index (χ0) is 17.1. The second-order valence-corrected chi connectivity index (χ2v) is 5.95. The summed E-state index contributed by atoms with van der Waals surface area (Å²) in [5, 5.41) is 7.85. The molecule has 0 radical (unpaired) electrons. The van der Waals surface area contributed by atoms with E-state index in [9.17, 15) is 4.79 Å². The Hall–Kier alpha value is -2.66. The molecular formula is C18H17ClN4O. The Kier molecular flexibility index (Phi) is 4.62. The minimum absolute atomic E-state index is 0.214. The molecule has 0 fully saturated rings. The Balaban J connectivity index is 1.96. The molecule has 0 aliphatic carbocycles. The third-order valence-corrected chi connectivity index (χ3v) is 3.91. The Morgan fingerprint density at radius 2 is 2.04 bits per heavy atom. The maximum absolute atomic E-state index is 12.7. The highest BCUT2D eigenvalue weighted by molar-refractivity contribution is 6.30. The highest BCUT2D eigenvalue weighted by atomic mass is 35.5. The first kappa shape index (κ1) is 16.2. The quantitative estimate of drug-likeness (QED) is 0.792. The minimum atomic E-state index is -0.396. The molecule has 2 aromatic heterocycles. The molecule has 5 nitrogen and oxygen atoms in total. The van der Waals surface area contributed by atoms with Crippen LogP contribution in [0.25, 0.3) is 0 Å². The lowest BCUT2D eigenvalue weighted by Crippen LogP contribution is -2.31. The molecule has 3 aromatic rings. The van der Waals surface area contributed by atoms with Crippen molar-refractivity contribution in [3.63, 3.8) is 0 Å². The molecule has 0 bridgehead atoms. The van der Waals surface area contributed by atoms with Gasteiger partial charge in [-0.15, -0.1) is 0 Å². The predicted octanol–water partition coefficient (Wildman–Crippen LogP) is 3.30. The van der Waals surface area contributed by atoms with Gasteiger partial charge in [0.25, 0.3) is 5.91 Å². The van der Waals surface area contributed by atoms with E-state index in [2.05, 4.69) is 15.4 Å². The summed E-state index contributed by atoms with van der Waals surface area (Å²) in [5.41, 5.74) is 2.90. The van der Waals surface area contributed by atoms with E-state index in [1.54, 1.807) is 30.1 Å². The van der Waals surface area contributed by atoms with Gasteiger partial charge >= 0.3 is 0 Å². The molecule has 1 unspecified atom stereocenters. The average molecular weight is 341 g/mol. The fraction of sp³-hybridized carbons (Fsp3) is 0.167. The van der Waals surface area contributed by atoms with Crippen LogP contribution in [0.2, 0.25) is 5.02 Å². The molecule has 1 atom stereocenters. The molecule has 1 amide bonds. The summed E-state index contributed by atoms with van der Waals surface area (Å²) in [6.07, 6.45) is 1.70. The number of aryl methyl sites for hydroxylation is 2. The number of nitrogens with zero attached hydrogens (tertiary/aromatic N) is 3. The van der Waals surface area contributed by atoms with Crippen LogP contribution in [-0.2, 0) is 7.05 Å². The fourth-order valence-corrected chi connectivity index (χ4v) is 2.79. The van der Waals surface area contributed by atoms with Crippen molar-refractivity contribution in [1.29, 1.82) is 0 Å². The van der Waals surface area contributed by atoms with E-state index >= 15 is 0 Å². The molecule has 0 saturated heterocycles. The molecule has 3 rings (SSSR count). The van der Waals surface area contributed by atoms with E-state index in [-0.39, 0.29) is 5.91 Å². The van der Waals surface area contributed by atoms with Crippen molar-refractivity contribution in [3.05, 3.63) is 82.4 Å². The molecule has 24 heavy (non-hydrogen) atoms. The van der Waals surface area contributed by atoms with Crippen LogP contribution < -0.4 is 5.32 Å². The number of carbonyl (C=O) groups excluding carboxylic acids is 1. The maximum atomic E-state index is 12.7. The summed E-state index contributed by atoms with van der Waals surface area (Å²) >= 11 is 6.11. The van der Waals surface area contributed by atoms with E-state index in [4.69, 9.17) is 11.6 Å². The molecule has 1 N–H and O–H groups in total. The number of nitrogens with one attached hydrogen (secondary N) is 1. The van der Waals surface area contributed by atoms with Gasteiger partial charge in [-0.25, -0.2) is 0 Å². The lowest BCUT2D eigenvalue weighted by atomic mass is 10.0. The standard InChI is InChI=1S/C18H17ClN4O/c1-12-10-16(23(2)22-12)18(24)21-17(15-8-3-4-9-20-15)13-6-5-7-14(19)11-13/h3-11,17H,1-2H3,(H,21,24). The van der Waals surface area contributed by atoms with Gasteiger partial charge in [-0.1, -0.05) is 29.8 Å². The topological polar surface area (TPSA) is 59.8 Å². The van der Waals surface area contributed by atoms with Crippen LogP contribution in [0, 0.1) is 6.92 Å². The number of amides is 1. The molecule has 6 heteroatoms. The second kappa shape index (κ2) is 6.84. The van der Waals surface area contributed by atoms with Gasteiger partial charge in [0, 0.05) is 18.3 Å². The smallest absolute Gasteiger partial charge is 0.270 e. The number of hydrogen-bond acceptors (Lipinski definition) is 3. The van der Waals surface area contributed by atoms with Crippen LogP contribution in [0.15, 0.2) is 54.7 Å². The summed E-state index contributed by atoms with van der Waals surface area (Å²) in [6.45, 7) is 1.85. The fourth-order valence-electron chi connectivity index (χ4n) is 2.59. The third-order valence-electron chi connectivity index (χ3n) is 3.68. The molecule has 2 heterocycles. The Morgan fingerprint density at radius 3 is 2.67 bits per heavy atom. The average Bonchev–Trinajstić information content (AvgIpc) is 2.92. The van der Waals surface area contributed by atoms with Gasteiger partial charge in [-0.05, 0) is 42.8 Å². The molecule has 1 aromatic carbocycles. The largest absolute Gasteiger partial charge is 0.338 e. The molecule has 122 valence electrons. The molecule has 0 spiro atoms. The van der Waals surface area contributed by atoms with E-state index in [1.807, 2.05) is 43.3 Å². The van der Waals surface area contributed by atoms with E-state index < -0.39 is 6.04 Å². The molecule has 0 aliphatic rings. The number of rotatable bonds is 4. The van der Waals surface area contributed by atoms with Gasteiger partial charge in [-0.2, -0.15) is 5.10 Å². The van der Waals surface area contributed by atoms with Crippen LogP contribution in [0.1, 0.15) is 33.5 Å². The highest BCUT2D eigenvalue weighted by Crippen LogP contribution is 2.23. The van der Waals surface area contributed by atoms with Gasteiger partial charge in [0.2, 0.25) is 0 Å². The van der Waals surface area contributed by atoms with E-state index in [0.717, 1.165) is 17.0 Å². The maximum Gasteiger partial charge on any atom is 0.270 e. The monoisotopic (exact) mass is 340 g/mol. The van der Waals surface area contributed by atoms with Crippen molar-refractivity contribution in [2.75, 3.05) is 0 Å². The van der Waals surface area contributed by atoms with Crippen molar-refractivity contribution in [2.45, 2.75) is 13.0 Å². The van der Waals surface area contributed by atoms with Crippen LogP contribution in [0.3, 0.4) is 0 Å². The van der Waals surface area contributed by atoms with Crippen LogP contribution in [0.4, 0.5) is 0 Å². The summed E-state index contributed by atoms with van der Waals surface area (Å²) < 4.78 is 1.57. The number of carbonyl (C=O) groups is 1. The minimum Gasteiger partial charge on any atom is -0.338 e. The summed E-state index contributed by atoms with van der Waals surface area (Å²) in [4.78, 5) is 17.1. The van der Waals surface area contributed by atoms with Crippen molar-refractivity contribution in [2.24, 2.45) is 7.05 Å². The van der Waals surface area contributed by atoms with E-state index in [1.165, 1.54) is 0 Å². The Labute approximate surface area is 145 Å². The zero-order valence-electron chi connectivity index (χ0n) is 13.4. The van der Waals surface area contributed by atoms with Gasteiger partial charge in [0.15, 0.2) is 0 Å². The van der Waals surface area contributed by atoms with Crippen molar-refractivity contribution < 1.29 is 4.79 Å². The van der Waals surface area contributed by atoms with Gasteiger partial charge in [0.05, 0.1) is 17.4 Å². The summed E-state index contributed by atoms with van der Waals surface area (Å²) in [7, 11) is 1.75. The Bertz CT molecular complexity index is 860. The zero-order valence-corrected chi connectivity index (χ0v) is 14.2. The lowest BCUT2D eigenvalue weighted by Gasteiger charge is -2.19. The van der Waals surface area contributed by atoms with Crippen molar-refractivity contribution in [1.82, 2.24) is 20.1 Å². The number of pyridine rings is 1. The normalized spacial score (nSPS) is 12.0. The number of benzene rings is 1. The number of halogens is 1. The summed E-state index contributed by atoms with van der Waals surface area (Å²) in [6, 6.07) is 14.4. The van der Waals surface area contributed by atoms with Gasteiger partial charge < -0.3 is 5.32 Å². The first-order valence-electron chi connectivity index (χ1n) is 7.52. The first-order valence-corrected chi connectivity index (χ1v) is 7.90. The predicted molar refractivity (Wildman–Crippen MR) is 92.9 cm³/mol. The second-order valence-electron chi connectivity index (χ2n) is 5.51. The van der Waals surface area contributed by atoms with Gasteiger partial charge in [-0.3, -0.25) is 14.5 Å². The van der Waals surface area contributed by atoms with Crippen LogP contribution in [0.5, 0.6) is 0 Å². The number of hydrogen-bond donors (Lipinski definition) is 1. The van der Waals surface area contributed by atoms with Crippen molar-refractivity contribution >= 4 is 17.5 Å². The summed E-state index contributed by atoms with van der Waals surface area (Å²) in [5.74, 6) is -0.214. The first-order chi connectivity index (χ1) is 11.5. The molecule has 0 saturated carbocycles. The van der Waals surface area contributed by atoms with Crippen LogP contribution in [-0.4, -0.2) is 20.7 Å². The molecular weight excluding hydrogens is 324 g/mol. The van der Waals surface area contributed by atoms with E-state index in [0.29, 0.717) is 10.7 Å². The third kappa shape index (κ3) is 3.46. The Morgan fingerprint density at radius 1 is 1.21 bits per heavy atom. The lowest BCUT2D eigenvalue weighted by molar-refractivity contribution is 0.0933. The van der Waals surface area contributed by atoms with Crippen molar-refractivity contribution in [3.8, 4) is 0 Å². The molecule has 0 aliphatic heterocycles. The van der Waals surface area contributed by atoms with Gasteiger partial charge in [0.1, 0.15) is 5.69 Å². The SMILES string of the molecule is Cc1cc(C(=O)NC(c2cccc(Cl)c2)c2ccccn2)n(C)n1. The number of aromatic nitrogens is 3. The highest BCUT2D eigenvalue weighted by Gasteiger charge is 2.21.